The average molecular weight is 506 g/mol. The number of para-hydroxylation sites is 1. The highest BCUT2D eigenvalue weighted by molar-refractivity contribution is 8.18. The van der Waals surface area contributed by atoms with Crippen LogP contribution in [-0.4, -0.2) is 22.2 Å². The van der Waals surface area contributed by atoms with Gasteiger partial charge in [0.2, 0.25) is 0 Å². The number of furan rings is 1. The highest BCUT2D eigenvalue weighted by atomic mass is 32.2. The molecule has 2 heterocycles. The molecule has 1 saturated heterocycles. The molecule has 1 aromatic heterocycles. The molecule has 0 saturated carbocycles. The van der Waals surface area contributed by atoms with Crippen LogP contribution in [-0.2, 0) is 11.3 Å². The summed E-state index contributed by atoms with van der Waals surface area (Å²) in [6.07, 6.45) is 8.84. The normalized spacial score (nSPS) is 16.0. The molecule has 0 N–H and O–H groups in total. The maximum Gasteiger partial charge on any atom is 0.267 e. The molecule has 182 valence electrons. The number of thioether (sulfide) groups is 1. The van der Waals surface area contributed by atoms with Gasteiger partial charge < -0.3 is 9.15 Å². The van der Waals surface area contributed by atoms with E-state index in [1.165, 1.54) is 11.8 Å². The molecule has 0 atom stereocenters. The van der Waals surface area contributed by atoms with Gasteiger partial charge in [-0.15, -0.1) is 5.10 Å². The van der Waals surface area contributed by atoms with E-state index in [4.69, 9.17) is 9.15 Å². The van der Waals surface area contributed by atoms with Crippen molar-refractivity contribution in [3.05, 3.63) is 137 Å². The number of amidine groups is 1. The van der Waals surface area contributed by atoms with Gasteiger partial charge in [-0.05, 0) is 65.4 Å². The number of hydrogen-bond donors (Lipinski definition) is 0. The smallest absolute Gasteiger partial charge is 0.267 e. The lowest BCUT2D eigenvalue weighted by molar-refractivity contribution is -0.122. The molecule has 0 aliphatic carbocycles. The van der Waals surface area contributed by atoms with Crippen molar-refractivity contribution in [2.45, 2.75) is 6.54 Å². The molecule has 3 aromatic carbocycles. The first kappa shape index (κ1) is 24.1. The van der Waals surface area contributed by atoms with Gasteiger partial charge in [0, 0.05) is 0 Å². The van der Waals surface area contributed by atoms with Gasteiger partial charge in [-0.1, -0.05) is 72.8 Å². The van der Waals surface area contributed by atoms with Crippen LogP contribution in [0.5, 0.6) is 11.5 Å². The van der Waals surface area contributed by atoms with Crippen molar-refractivity contribution in [3.8, 4) is 11.5 Å². The monoisotopic (exact) mass is 505 g/mol. The third-order valence-corrected chi connectivity index (χ3v) is 6.32. The van der Waals surface area contributed by atoms with E-state index >= 15 is 0 Å². The van der Waals surface area contributed by atoms with Crippen LogP contribution < -0.4 is 4.74 Å². The van der Waals surface area contributed by atoms with Gasteiger partial charge in [0.1, 0.15) is 17.3 Å². The highest BCUT2D eigenvalue weighted by Crippen LogP contribution is 2.32. The zero-order valence-corrected chi connectivity index (χ0v) is 20.6. The van der Waals surface area contributed by atoms with Crippen molar-refractivity contribution in [2.24, 2.45) is 10.2 Å². The number of carbonyl (C=O) groups excluding carboxylic acids is 1. The Morgan fingerprint density at radius 2 is 1.62 bits per heavy atom. The highest BCUT2D eigenvalue weighted by Gasteiger charge is 2.33. The molecule has 0 radical (unpaired) electrons. The molecule has 1 aliphatic rings. The lowest BCUT2D eigenvalue weighted by Crippen LogP contribution is -2.28. The third-order valence-electron chi connectivity index (χ3n) is 5.31. The first-order valence-corrected chi connectivity index (χ1v) is 12.5. The molecule has 7 heteroatoms. The largest absolute Gasteiger partial charge is 0.467 e. The maximum absolute atomic E-state index is 13.1. The van der Waals surface area contributed by atoms with Crippen LogP contribution in [0.15, 0.2) is 135 Å². The summed E-state index contributed by atoms with van der Waals surface area (Å²) < 4.78 is 11.4. The Labute approximate surface area is 219 Å². The zero-order chi connectivity index (χ0) is 25.3. The van der Waals surface area contributed by atoms with E-state index in [-0.39, 0.29) is 12.5 Å². The zero-order valence-electron chi connectivity index (χ0n) is 19.8. The molecule has 1 fully saturated rings. The van der Waals surface area contributed by atoms with Gasteiger partial charge in [0.15, 0.2) is 5.17 Å². The Balaban J connectivity index is 1.34. The van der Waals surface area contributed by atoms with Gasteiger partial charge >= 0.3 is 0 Å². The third kappa shape index (κ3) is 6.54. The van der Waals surface area contributed by atoms with Gasteiger partial charge in [0.25, 0.3) is 5.91 Å². The van der Waals surface area contributed by atoms with Crippen LogP contribution in [0.2, 0.25) is 0 Å². The van der Waals surface area contributed by atoms with Crippen molar-refractivity contribution in [2.75, 3.05) is 0 Å². The van der Waals surface area contributed by atoms with Crippen molar-refractivity contribution in [1.82, 2.24) is 4.90 Å². The minimum atomic E-state index is -0.147. The van der Waals surface area contributed by atoms with Crippen molar-refractivity contribution >= 4 is 35.1 Å². The Kier molecular flexibility index (Phi) is 7.73. The lowest BCUT2D eigenvalue weighted by Gasteiger charge is -2.12. The number of allylic oxidation sites excluding steroid dienone is 2. The topological polar surface area (TPSA) is 67.4 Å². The molecule has 5 rings (SSSR count). The summed E-state index contributed by atoms with van der Waals surface area (Å²) in [4.78, 5) is 15.3. The first-order valence-electron chi connectivity index (χ1n) is 11.6. The summed E-state index contributed by atoms with van der Waals surface area (Å²) in [6, 6.07) is 30.7. The van der Waals surface area contributed by atoms with Crippen LogP contribution >= 0.6 is 11.8 Å². The number of hydrogen-bond acceptors (Lipinski definition) is 6. The summed E-state index contributed by atoms with van der Waals surface area (Å²) >= 11 is 1.28. The molecule has 0 spiro atoms. The maximum atomic E-state index is 13.1. The molecule has 37 heavy (non-hydrogen) atoms. The van der Waals surface area contributed by atoms with Crippen LogP contribution in [0.25, 0.3) is 6.08 Å². The number of nitrogens with zero attached hydrogens (tertiary/aromatic N) is 3. The van der Waals surface area contributed by atoms with E-state index in [1.807, 2.05) is 103 Å². The molecular weight excluding hydrogens is 482 g/mol. The van der Waals surface area contributed by atoms with E-state index < -0.39 is 0 Å². The minimum absolute atomic E-state index is 0.147. The summed E-state index contributed by atoms with van der Waals surface area (Å²) in [6.45, 7) is 0.271. The molecule has 4 aromatic rings. The van der Waals surface area contributed by atoms with E-state index in [9.17, 15) is 4.79 Å². The summed E-state index contributed by atoms with van der Waals surface area (Å²) in [5.41, 5.74) is 1.88. The van der Waals surface area contributed by atoms with E-state index in [0.29, 0.717) is 21.6 Å². The molecule has 6 nitrogen and oxygen atoms in total. The van der Waals surface area contributed by atoms with Crippen molar-refractivity contribution < 1.29 is 13.9 Å². The standard InChI is InChI=1S/C30H23N3O3S/c34-29-28(18-8-12-23-10-3-1-4-11-23)37-30(33(29)22-27-17-9-19-35-27)32-31-21-24-13-7-16-26(20-24)36-25-14-5-2-6-15-25/h1-21H,22H2/b12-8+,28-18-,31-21+,32-30+. The van der Waals surface area contributed by atoms with E-state index in [2.05, 4.69) is 10.2 Å². The lowest BCUT2D eigenvalue weighted by atomic mass is 10.2. The molecular formula is C30H23N3O3S. The van der Waals surface area contributed by atoms with Gasteiger partial charge in [0.05, 0.1) is 23.9 Å². The van der Waals surface area contributed by atoms with E-state index in [0.717, 1.165) is 16.9 Å². The molecule has 1 aliphatic heterocycles. The first-order chi connectivity index (χ1) is 18.2. The number of carbonyl (C=O) groups is 1. The van der Waals surface area contributed by atoms with Gasteiger partial charge in [-0.2, -0.15) is 5.10 Å². The van der Waals surface area contributed by atoms with Gasteiger partial charge in [-0.3, -0.25) is 9.69 Å². The summed E-state index contributed by atoms with van der Waals surface area (Å²) in [5, 5.41) is 9.11. The second-order valence-corrected chi connectivity index (χ2v) is 9.00. The summed E-state index contributed by atoms with van der Waals surface area (Å²) in [5.74, 6) is 1.97. The van der Waals surface area contributed by atoms with Crippen LogP contribution in [0.4, 0.5) is 0 Å². The molecule has 0 unspecified atom stereocenters. The second kappa shape index (κ2) is 11.9. The number of rotatable bonds is 8. The number of ether oxygens (including phenoxy) is 1. The van der Waals surface area contributed by atoms with Crippen molar-refractivity contribution in [1.29, 1.82) is 0 Å². The quantitative estimate of drug-likeness (QED) is 0.145. The fraction of sp³-hybridized carbons (Fsp3) is 0.0333. The minimum Gasteiger partial charge on any atom is -0.467 e. The van der Waals surface area contributed by atoms with Crippen molar-refractivity contribution in [3.63, 3.8) is 0 Å². The second-order valence-electron chi connectivity index (χ2n) is 7.99. The van der Waals surface area contributed by atoms with Crippen LogP contribution in [0.1, 0.15) is 16.9 Å². The number of benzene rings is 3. The van der Waals surface area contributed by atoms with Gasteiger partial charge in [-0.25, -0.2) is 0 Å². The fourth-order valence-electron chi connectivity index (χ4n) is 3.53. The Hall–Kier alpha value is -4.62. The fourth-order valence-corrected chi connectivity index (χ4v) is 4.42. The number of amides is 1. The average Bonchev–Trinajstić information content (AvgIpc) is 3.54. The Morgan fingerprint density at radius 3 is 2.41 bits per heavy atom. The Bertz CT molecular complexity index is 1460. The SMILES string of the molecule is O=C1/C(=C/C=C/c2ccccc2)S/C(=N/N=C/c2cccc(Oc3ccccc3)c2)N1Cc1ccco1. The van der Waals surface area contributed by atoms with Crippen LogP contribution in [0, 0.1) is 0 Å². The predicted octanol–water partition coefficient (Wildman–Crippen LogP) is 7.13. The Morgan fingerprint density at radius 1 is 0.865 bits per heavy atom. The molecule has 0 bridgehead atoms. The van der Waals surface area contributed by atoms with E-state index in [1.54, 1.807) is 29.5 Å². The summed E-state index contributed by atoms with van der Waals surface area (Å²) in [7, 11) is 0. The molecule has 1 amide bonds. The predicted molar refractivity (Wildman–Crippen MR) is 148 cm³/mol. The van der Waals surface area contributed by atoms with Crippen LogP contribution in [0.3, 0.4) is 0 Å².